The van der Waals surface area contributed by atoms with Crippen molar-refractivity contribution in [2.45, 2.75) is 19.3 Å². The zero-order chi connectivity index (χ0) is 14.8. The van der Waals surface area contributed by atoms with Crippen molar-refractivity contribution in [2.75, 3.05) is 12.3 Å². The van der Waals surface area contributed by atoms with Gasteiger partial charge in [0.25, 0.3) is 5.91 Å². The van der Waals surface area contributed by atoms with Gasteiger partial charge in [-0.25, -0.2) is 0 Å². The number of carbonyl (C=O) groups excluding carboxylic acids is 1. The Kier molecular flexibility index (Phi) is 4.50. The maximum Gasteiger partial charge on any atom is 0.252 e. The van der Waals surface area contributed by atoms with E-state index < -0.39 is 0 Å². The molecule has 0 aliphatic rings. The highest BCUT2D eigenvalue weighted by Gasteiger charge is 2.23. The van der Waals surface area contributed by atoms with Crippen LogP contribution < -0.4 is 11.1 Å². The first-order chi connectivity index (χ1) is 9.40. The second kappa shape index (κ2) is 5.97. The number of carbonyl (C=O) groups is 1. The summed E-state index contributed by atoms with van der Waals surface area (Å²) in [6.07, 6.45) is 0. The van der Waals surface area contributed by atoms with Crippen LogP contribution in [-0.4, -0.2) is 12.5 Å². The van der Waals surface area contributed by atoms with Crippen LogP contribution in [-0.2, 0) is 5.41 Å². The zero-order valence-corrected chi connectivity index (χ0v) is 13.8. The Hall–Kier alpha value is -1.33. The summed E-state index contributed by atoms with van der Waals surface area (Å²) in [5.41, 5.74) is 6.78. The smallest absolute Gasteiger partial charge is 0.252 e. The van der Waals surface area contributed by atoms with Crippen molar-refractivity contribution < 1.29 is 4.79 Å². The molecule has 106 valence electrons. The molecule has 1 aromatic heterocycles. The molecule has 1 heterocycles. The number of hydrogen-bond acceptors (Lipinski definition) is 3. The third kappa shape index (κ3) is 3.41. The van der Waals surface area contributed by atoms with Crippen molar-refractivity contribution in [3.63, 3.8) is 0 Å². The van der Waals surface area contributed by atoms with Crippen LogP contribution in [0.5, 0.6) is 0 Å². The van der Waals surface area contributed by atoms with E-state index in [0.29, 0.717) is 17.8 Å². The number of nitrogens with one attached hydrogen (secondary N) is 1. The normalized spacial score (nSPS) is 11.3. The van der Waals surface area contributed by atoms with E-state index in [1.807, 2.05) is 11.4 Å². The minimum absolute atomic E-state index is 0.0867. The second-order valence-corrected chi connectivity index (χ2v) is 7.09. The lowest BCUT2D eigenvalue weighted by molar-refractivity contribution is 0.0945. The van der Waals surface area contributed by atoms with Gasteiger partial charge in [-0.3, -0.25) is 4.79 Å². The van der Waals surface area contributed by atoms with Gasteiger partial charge in [-0.1, -0.05) is 19.9 Å². The Labute approximate surface area is 131 Å². The third-order valence-electron chi connectivity index (χ3n) is 3.11. The van der Waals surface area contributed by atoms with Gasteiger partial charge in [0.05, 0.1) is 5.56 Å². The molecule has 0 unspecified atom stereocenters. The summed E-state index contributed by atoms with van der Waals surface area (Å²) in [7, 11) is 0. The Morgan fingerprint density at radius 1 is 1.40 bits per heavy atom. The Morgan fingerprint density at radius 3 is 2.80 bits per heavy atom. The molecule has 0 saturated carbocycles. The average molecular weight is 353 g/mol. The van der Waals surface area contributed by atoms with Crippen LogP contribution in [0.1, 0.15) is 29.1 Å². The van der Waals surface area contributed by atoms with Gasteiger partial charge in [0.15, 0.2) is 0 Å². The molecule has 0 aliphatic heterocycles. The number of benzene rings is 1. The number of halogens is 1. The lowest BCUT2D eigenvalue weighted by Crippen LogP contribution is -2.36. The van der Waals surface area contributed by atoms with E-state index >= 15 is 0 Å². The standard InChI is InChI=1S/C15H17BrN2OS/c1-15(2,13-4-3-7-20-13)9-18-14(19)11-8-10(17)5-6-12(11)16/h3-8H,9,17H2,1-2H3,(H,18,19). The van der Waals surface area contributed by atoms with Gasteiger partial charge in [0, 0.05) is 27.0 Å². The highest BCUT2D eigenvalue weighted by Crippen LogP contribution is 2.27. The van der Waals surface area contributed by atoms with Gasteiger partial charge in [0.2, 0.25) is 0 Å². The summed E-state index contributed by atoms with van der Waals surface area (Å²) in [6, 6.07) is 9.34. The fourth-order valence-electron chi connectivity index (χ4n) is 1.86. The lowest BCUT2D eigenvalue weighted by Gasteiger charge is -2.23. The minimum Gasteiger partial charge on any atom is -0.399 e. The molecule has 3 N–H and O–H groups in total. The Balaban J connectivity index is 2.07. The number of nitrogens with two attached hydrogens (primary N) is 1. The van der Waals surface area contributed by atoms with Crippen LogP contribution in [0.2, 0.25) is 0 Å². The van der Waals surface area contributed by atoms with Crippen LogP contribution in [0.15, 0.2) is 40.2 Å². The van der Waals surface area contributed by atoms with E-state index in [2.05, 4.69) is 41.2 Å². The van der Waals surface area contributed by atoms with Crippen LogP contribution in [0.25, 0.3) is 0 Å². The van der Waals surface area contributed by atoms with Gasteiger partial charge in [-0.15, -0.1) is 11.3 Å². The van der Waals surface area contributed by atoms with E-state index in [9.17, 15) is 4.79 Å². The number of thiophene rings is 1. The van der Waals surface area contributed by atoms with Gasteiger partial charge in [0.1, 0.15) is 0 Å². The zero-order valence-electron chi connectivity index (χ0n) is 11.4. The largest absolute Gasteiger partial charge is 0.399 e. The molecule has 3 nitrogen and oxygen atoms in total. The molecular weight excluding hydrogens is 336 g/mol. The molecule has 2 rings (SSSR count). The molecule has 0 spiro atoms. The van der Waals surface area contributed by atoms with Crippen LogP contribution in [0.4, 0.5) is 5.69 Å². The van der Waals surface area contributed by atoms with Crippen molar-refractivity contribution in [1.82, 2.24) is 5.32 Å². The lowest BCUT2D eigenvalue weighted by atomic mass is 9.91. The first-order valence-electron chi connectivity index (χ1n) is 6.27. The minimum atomic E-state index is -0.117. The molecule has 0 aliphatic carbocycles. The van der Waals surface area contributed by atoms with Gasteiger partial charge >= 0.3 is 0 Å². The number of amides is 1. The number of nitrogen functional groups attached to an aromatic ring is 1. The molecule has 0 radical (unpaired) electrons. The third-order valence-corrected chi connectivity index (χ3v) is 5.04. The first-order valence-corrected chi connectivity index (χ1v) is 7.94. The second-order valence-electron chi connectivity index (χ2n) is 5.28. The highest BCUT2D eigenvalue weighted by atomic mass is 79.9. The van der Waals surface area contributed by atoms with Gasteiger partial charge in [-0.2, -0.15) is 0 Å². The number of hydrogen-bond donors (Lipinski definition) is 2. The van der Waals surface area contributed by atoms with Crippen molar-refractivity contribution in [1.29, 1.82) is 0 Å². The summed E-state index contributed by atoms with van der Waals surface area (Å²) >= 11 is 5.08. The number of anilines is 1. The van der Waals surface area contributed by atoms with Crippen LogP contribution in [0, 0.1) is 0 Å². The highest BCUT2D eigenvalue weighted by molar-refractivity contribution is 9.10. The quantitative estimate of drug-likeness (QED) is 0.822. The molecule has 0 atom stereocenters. The summed E-state index contributed by atoms with van der Waals surface area (Å²) < 4.78 is 0.748. The fourth-order valence-corrected chi connectivity index (χ4v) is 3.14. The molecule has 20 heavy (non-hydrogen) atoms. The average Bonchev–Trinajstić information content (AvgIpc) is 2.93. The van der Waals surface area contributed by atoms with Gasteiger partial charge in [-0.05, 0) is 45.6 Å². The Morgan fingerprint density at radius 2 is 2.15 bits per heavy atom. The molecule has 1 aromatic carbocycles. The summed E-state index contributed by atoms with van der Waals surface area (Å²) in [5.74, 6) is -0.117. The van der Waals surface area contributed by atoms with E-state index in [0.717, 1.165) is 4.47 Å². The SMILES string of the molecule is CC(C)(CNC(=O)c1cc(N)ccc1Br)c1cccs1. The maximum atomic E-state index is 12.2. The monoisotopic (exact) mass is 352 g/mol. The molecule has 0 bridgehead atoms. The van der Waals surface area contributed by atoms with Crippen molar-refractivity contribution in [3.8, 4) is 0 Å². The summed E-state index contributed by atoms with van der Waals surface area (Å²) in [4.78, 5) is 13.5. The maximum absolute atomic E-state index is 12.2. The molecule has 2 aromatic rings. The van der Waals surface area contributed by atoms with Crippen LogP contribution >= 0.6 is 27.3 Å². The van der Waals surface area contributed by atoms with Gasteiger partial charge < -0.3 is 11.1 Å². The van der Waals surface area contributed by atoms with Crippen molar-refractivity contribution in [2.24, 2.45) is 0 Å². The Bertz CT molecular complexity index is 608. The van der Waals surface area contributed by atoms with Crippen molar-refractivity contribution in [3.05, 3.63) is 50.6 Å². The predicted octanol–water partition coefficient (Wildman–Crippen LogP) is 3.80. The predicted molar refractivity (Wildman–Crippen MR) is 88.2 cm³/mol. The topological polar surface area (TPSA) is 55.1 Å². The number of rotatable bonds is 4. The molecule has 5 heteroatoms. The fraction of sp³-hybridized carbons (Fsp3) is 0.267. The molecule has 1 amide bonds. The van der Waals surface area contributed by atoms with Crippen LogP contribution in [0.3, 0.4) is 0 Å². The van der Waals surface area contributed by atoms with E-state index in [1.54, 1.807) is 29.5 Å². The summed E-state index contributed by atoms with van der Waals surface area (Å²) in [5, 5.41) is 5.03. The van der Waals surface area contributed by atoms with E-state index in [4.69, 9.17) is 5.73 Å². The van der Waals surface area contributed by atoms with E-state index in [1.165, 1.54) is 4.88 Å². The first kappa shape index (κ1) is 15.1. The van der Waals surface area contributed by atoms with E-state index in [-0.39, 0.29) is 11.3 Å². The summed E-state index contributed by atoms with van der Waals surface area (Å²) in [6.45, 7) is 4.81. The molecule has 0 saturated heterocycles. The molecular formula is C15H17BrN2OS. The van der Waals surface area contributed by atoms with Crippen molar-refractivity contribution >= 4 is 38.9 Å². The molecule has 0 fully saturated rings.